The van der Waals surface area contributed by atoms with Crippen LogP contribution < -0.4 is 19.9 Å². The Labute approximate surface area is 174 Å². The summed E-state index contributed by atoms with van der Waals surface area (Å²) in [5.74, 6) is 2.00. The molecule has 2 aromatic carbocycles. The van der Waals surface area contributed by atoms with Crippen LogP contribution >= 0.6 is 0 Å². The second-order valence-electron chi connectivity index (χ2n) is 6.95. The number of rotatable bonds is 6. The molecule has 0 spiro atoms. The predicted octanol–water partition coefficient (Wildman–Crippen LogP) is 3.69. The molecule has 4 rings (SSSR count). The van der Waals surface area contributed by atoms with Gasteiger partial charge in [-0.1, -0.05) is 0 Å². The van der Waals surface area contributed by atoms with Crippen molar-refractivity contribution in [2.75, 3.05) is 14.2 Å². The lowest BCUT2D eigenvalue weighted by molar-refractivity contribution is 0.212. The number of hydrogen-bond donors (Lipinski definition) is 2. The molecule has 154 valence electrons. The fraction of sp³-hybridized carbons (Fsp3) is 0.227. The number of aryl methyl sites for hydroxylation is 2. The first kappa shape index (κ1) is 19.7. The number of H-pyrrole nitrogens is 1. The molecular formula is C22H23N5O3. The van der Waals surface area contributed by atoms with E-state index in [9.17, 15) is 0 Å². The van der Waals surface area contributed by atoms with Crippen LogP contribution in [-0.4, -0.2) is 34.6 Å². The van der Waals surface area contributed by atoms with Crippen LogP contribution in [0.4, 0.5) is 0 Å². The maximum absolute atomic E-state index is 6.33. The molecule has 0 bridgehead atoms. The number of aromatic amines is 1. The molecule has 0 unspecified atom stereocenters. The van der Waals surface area contributed by atoms with Gasteiger partial charge in [-0.3, -0.25) is 10.8 Å². The summed E-state index contributed by atoms with van der Waals surface area (Å²) in [6, 6.07) is 11.3. The molecule has 0 aliphatic carbocycles. The van der Waals surface area contributed by atoms with Crippen LogP contribution in [0.2, 0.25) is 0 Å². The van der Waals surface area contributed by atoms with Gasteiger partial charge in [0.05, 0.1) is 31.6 Å². The van der Waals surface area contributed by atoms with E-state index in [1.807, 2.05) is 50.2 Å². The number of ether oxygens (including phenoxy) is 3. The zero-order valence-electron chi connectivity index (χ0n) is 17.3. The van der Waals surface area contributed by atoms with Crippen LogP contribution in [0.5, 0.6) is 17.2 Å². The molecule has 30 heavy (non-hydrogen) atoms. The third-order valence-electron chi connectivity index (χ3n) is 4.98. The van der Waals surface area contributed by atoms with Crippen molar-refractivity contribution in [3.8, 4) is 28.5 Å². The maximum Gasteiger partial charge on any atom is 0.176 e. The van der Waals surface area contributed by atoms with Crippen LogP contribution in [-0.2, 0) is 0 Å². The lowest BCUT2D eigenvalue weighted by Gasteiger charge is -2.18. The molecule has 8 heteroatoms. The Morgan fingerprint density at radius 3 is 2.37 bits per heavy atom. The summed E-state index contributed by atoms with van der Waals surface area (Å²) in [5.41, 5.74) is 11.3. The summed E-state index contributed by atoms with van der Waals surface area (Å²) in [6.07, 6.45) is 1.02. The number of nitrogens with zero attached hydrogens (tertiary/aromatic N) is 3. The minimum Gasteiger partial charge on any atom is -0.497 e. The first-order valence-corrected chi connectivity index (χ1v) is 9.42. The standard InChI is InChI=1S/C22H23N5O3/c1-12-11-24-25-13(2)20(12)22(23)30-15-5-6-19-18(10-15)21(27-26-19)14-7-16(28-3)9-17(8-14)29-4/h5-11,22H,23H2,1-4H3,(H,26,27)/t22-/m0/s1. The average molecular weight is 405 g/mol. The van der Waals surface area contributed by atoms with Crippen molar-refractivity contribution in [2.45, 2.75) is 20.1 Å². The highest BCUT2D eigenvalue weighted by atomic mass is 16.5. The summed E-state index contributed by atoms with van der Waals surface area (Å²) in [5, 5.41) is 16.5. The second-order valence-corrected chi connectivity index (χ2v) is 6.95. The predicted molar refractivity (Wildman–Crippen MR) is 114 cm³/mol. The number of benzene rings is 2. The topological polar surface area (TPSA) is 108 Å². The van der Waals surface area contributed by atoms with Crippen molar-refractivity contribution in [1.29, 1.82) is 0 Å². The smallest absolute Gasteiger partial charge is 0.176 e. The summed E-state index contributed by atoms with van der Waals surface area (Å²) >= 11 is 0. The zero-order chi connectivity index (χ0) is 21.3. The van der Waals surface area contributed by atoms with Gasteiger partial charge in [-0.25, -0.2) is 0 Å². The first-order chi connectivity index (χ1) is 14.5. The Morgan fingerprint density at radius 1 is 0.967 bits per heavy atom. The monoisotopic (exact) mass is 405 g/mol. The van der Waals surface area contributed by atoms with Gasteiger partial charge < -0.3 is 14.2 Å². The molecule has 4 aromatic rings. The summed E-state index contributed by atoms with van der Waals surface area (Å²) < 4.78 is 16.8. The van der Waals surface area contributed by atoms with Crippen molar-refractivity contribution >= 4 is 10.9 Å². The highest BCUT2D eigenvalue weighted by Gasteiger charge is 2.17. The summed E-state index contributed by atoms with van der Waals surface area (Å²) in [6.45, 7) is 3.81. The number of methoxy groups -OCH3 is 2. The third kappa shape index (κ3) is 3.65. The molecule has 0 amide bonds. The molecule has 0 saturated heterocycles. The number of nitrogens with one attached hydrogen (secondary N) is 1. The Bertz CT molecular complexity index is 1160. The Morgan fingerprint density at radius 2 is 1.70 bits per heavy atom. The van der Waals surface area contributed by atoms with Crippen molar-refractivity contribution in [2.24, 2.45) is 5.73 Å². The number of fused-ring (bicyclic) bond motifs is 1. The van der Waals surface area contributed by atoms with Gasteiger partial charge in [0.2, 0.25) is 0 Å². The number of hydrogen-bond acceptors (Lipinski definition) is 7. The van der Waals surface area contributed by atoms with Gasteiger partial charge >= 0.3 is 0 Å². The van der Waals surface area contributed by atoms with Gasteiger partial charge in [0.25, 0.3) is 0 Å². The Kier molecular flexibility index (Phi) is 5.24. The van der Waals surface area contributed by atoms with Gasteiger partial charge in [0, 0.05) is 22.6 Å². The van der Waals surface area contributed by atoms with Gasteiger partial charge in [0.1, 0.15) is 22.9 Å². The van der Waals surface area contributed by atoms with Crippen LogP contribution in [0.25, 0.3) is 22.2 Å². The summed E-state index contributed by atoms with van der Waals surface area (Å²) in [4.78, 5) is 0. The lowest BCUT2D eigenvalue weighted by Crippen LogP contribution is -2.20. The second kappa shape index (κ2) is 8.00. The van der Waals surface area contributed by atoms with Crippen molar-refractivity contribution in [3.63, 3.8) is 0 Å². The molecule has 0 radical (unpaired) electrons. The van der Waals surface area contributed by atoms with Crippen molar-refractivity contribution in [3.05, 3.63) is 59.4 Å². The SMILES string of the molecule is COc1cc(OC)cc(-c2n[nH]c3ccc(O[C@H](N)c4c(C)cnnc4C)cc23)c1. The minimum atomic E-state index is -0.662. The molecule has 1 atom stereocenters. The molecule has 0 aliphatic heterocycles. The Hall–Kier alpha value is -3.65. The van der Waals surface area contributed by atoms with E-state index >= 15 is 0 Å². The van der Waals surface area contributed by atoms with Gasteiger partial charge in [-0.2, -0.15) is 15.3 Å². The molecule has 0 aliphatic rings. The normalized spacial score (nSPS) is 12.0. The molecule has 2 heterocycles. The molecule has 2 aromatic heterocycles. The molecule has 8 nitrogen and oxygen atoms in total. The van der Waals surface area contributed by atoms with Crippen LogP contribution in [0.1, 0.15) is 23.0 Å². The molecule has 3 N–H and O–H groups in total. The van der Waals surface area contributed by atoms with Gasteiger partial charge in [0.15, 0.2) is 6.23 Å². The fourth-order valence-electron chi connectivity index (χ4n) is 3.48. The minimum absolute atomic E-state index is 0.628. The first-order valence-electron chi connectivity index (χ1n) is 9.42. The lowest BCUT2D eigenvalue weighted by atomic mass is 10.1. The van der Waals surface area contributed by atoms with E-state index in [-0.39, 0.29) is 0 Å². The van der Waals surface area contributed by atoms with Crippen LogP contribution in [0.15, 0.2) is 42.6 Å². The van der Waals surface area contributed by atoms with E-state index < -0.39 is 6.23 Å². The van der Waals surface area contributed by atoms with E-state index in [4.69, 9.17) is 19.9 Å². The van der Waals surface area contributed by atoms with E-state index in [1.165, 1.54) is 0 Å². The van der Waals surface area contributed by atoms with Gasteiger partial charge in [-0.15, -0.1) is 0 Å². The van der Waals surface area contributed by atoms with Crippen LogP contribution in [0.3, 0.4) is 0 Å². The van der Waals surface area contributed by atoms with E-state index in [0.717, 1.165) is 39.0 Å². The fourth-order valence-corrected chi connectivity index (χ4v) is 3.48. The van der Waals surface area contributed by atoms with E-state index in [1.54, 1.807) is 20.4 Å². The average Bonchev–Trinajstić information content (AvgIpc) is 3.16. The highest BCUT2D eigenvalue weighted by molar-refractivity contribution is 5.94. The van der Waals surface area contributed by atoms with Gasteiger partial charge in [-0.05, 0) is 49.7 Å². The number of nitrogens with two attached hydrogens (primary N) is 1. The quantitative estimate of drug-likeness (QED) is 0.471. The van der Waals surface area contributed by atoms with Crippen LogP contribution in [0, 0.1) is 13.8 Å². The van der Waals surface area contributed by atoms with Crippen molar-refractivity contribution < 1.29 is 14.2 Å². The van der Waals surface area contributed by atoms with E-state index in [0.29, 0.717) is 17.2 Å². The molecular weight excluding hydrogens is 382 g/mol. The third-order valence-corrected chi connectivity index (χ3v) is 4.98. The largest absolute Gasteiger partial charge is 0.497 e. The Balaban J connectivity index is 1.72. The highest BCUT2D eigenvalue weighted by Crippen LogP contribution is 2.34. The molecule has 0 saturated carbocycles. The summed E-state index contributed by atoms with van der Waals surface area (Å²) in [7, 11) is 3.24. The van der Waals surface area contributed by atoms with E-state index in [2.05, 4.69) is 20.4 Å². The molecule has 0 fully saturated rings. The maximum atomic E-state index is 6.33. The number of aromatic nitrogens is 4. The zero-order valence-corrected chi connectivity index (χ0v) is 17.3. The van der Waals surface area contributed by atoms with Crippen molar-refractivity contribution in [1.82, 2.24) is 20.4 Å².